The fourth-order valence-electron chi connectivity index (χ4n) is 3.80. The summed E-state index contributed by atoms with van der Waals surface area (Å²) in [6.45, 7) is 5.24. The number of amides is 1. The van der Waals surface area contributed by atoms with Crippen molar-refractivity contribution >= 4 is 27.5 Å². The zero-order chi connectivity index (χ0) is 23.6. The van der Waals surface area contributed by atoms with E-state index in [4.69, 9.17) is 16.0 Å². The largest absolute Gasteiger partial charge is 0.441 e. The van der Waals surface area contributed by atoms with Gasteiger partial charge in [-0.25, -0.2) is 13.4 Å². The van der Waals surface area contributed by atoms with Gasteiger partial charge in [0, 0.05) is 44.6 Å². The molecule has 1 fully saturated rings. The Bertz CT molecular complexity index is 1260. The van der Waals surface area contributed by atoms with Crippen LogP contribution in [0.1, 0.15) is 23.4 Å². The Kier molecular flexibility index (Phi) is 6.88. The molecule has 2 aromatic carbocycles. The lowest BCUT2D eigenvalue weighted by molar-refractivity contribution is -0.132. The van der Waals surface area contributed by atoms with E-state index in [1.165, 1.54) is 21.5 Å². The highest BCUT2D eigenvalue weighted by Gasteiger charge is 2.31. The predicted molar refractivity (Wildman–Crippen MR) is 127 cm³/mol. The minimum absolute atomic E-state index is 0.0456. The van der Waals surface area contributed by atoms with Crippen LogP contribution in [0.3, 0.4) is 0 Å². The lowest BCUT2D eigenvalue weighted by Gasteiger charge is -2.34. The van der Waals surface area contributed by atoms with Crippen LogP contribution in [0.5, 0.6) is 0 Å². The van der Waals surface area contributed by atoms with Crippen LogP contribution in [0, 0.1) is 13.8 Å². The first-order valence-corrected chi connectivity index (χ1v) is 12.6. The average molecular weight is 488 g/mol. The highest BCUT2D eigenvalue weighted by atomic mass is 35.5. The molecule has 1 amide bonds. The summed E-state index contributed by atoms with van der Waals surface area (Å²) >= 11 is 6.08. The smallest absolute Gasteiger partial charge is 0.244 e. The van der Waals surface area contributed by atoms with Gasteiger partial charge in [-0.05, 0) is 43.2 Å². The highest BCUT2D eigenvalue weighted by Crippen LogP contribution is 2.26. The summed E-state index contributed by atoms with van der Waals surface area (Å²) in [6.07, 6.45) is 2.33. The van der Waals surface area contributed by atoms with Crippen molar-refractivity contribution in [1.29, 1.82) is 0 Å². The highest BCUT2D eigenvalue weighted by molar-refractivity contribution is 7.89. The molecule has 1 aliphatic rings. The molecule has 174 valence electrons. The molecule has 0 aliphatic carbocycles. The van der Waals surface area contributed by atoms with E-state index in [0.29, 0.717) is 31.2 Å². The molecular weight excluding hydrogens is 462 g/mol. The van der Waals surface area contributed by atoms with E-state index in [1.54, 1.807) is 29.3 Å². The maximum atomic E-state index is 12.9. The van der Waals surface area contributed by atoms with Crippen molar-refractivity contribution in [2.45, 2.75) is 31.6 Å². The lowest BCUT2D eigenvalue weighted by atomic mass is 10.1. The summed E-state index contributed by atoms with van der Waals surface area (Å²) in [5, 5.41) is 0.196. The summed E-state index contributed by atoms with van der Waals surface area (Å²) in [7, 11) is -3.69. The Morgan fingerprint density at radius 3 is 2.48 bits per heavy atom. The molecule has 0 bridgehead atoms. The Hall–Kier alpha value is -2.68. The summed E-state index contributed by atoms with van der Waals surface area (Å²) in [4.78, 5) is 18.8. The van der Waals surface area contributed by atoms with Crippen LogP contribution in [-0.4, -0.2) is 54.7 Å². The molecule has 0 saturated carbocycles. The number of hydrogen-bond donors (Lipinski definition) is 0. The standard InChI is InChI=1S/C24H26ClN3O4S/c1-17-7-8-19(15-18(17)2)21-16-26-23(32-21)9-10-24(29)27-11-13-28(14-12-27)33(30,31)22-6-4-3-5-20(22)25/h3-8,15-16H,9-14H2,1-2H3. The van der Waals surface area contributed by atoms with Gasteiger partial charge in [0.2, 0.25) is 15.9 Å². The summed E-state index contributed by atoms with van der Waals surface area (Å²) in [5.74, 6) is 1.14. The van der Waals surface area contributed by atoms with Crippen molar-refractivity contribution in [2.24, 2.45) is 0 Å². The first-order valence-electron chi connectivity index (χ1n) is 10.8. The molecule has 1 saturated heterocycles. The fraction of sp³-hybridized carbons (Fsp3) is 0.333. The molecule has 2 heterocycles. The maximum absolute atomic E-state index is 12.9. The van der Waals surface area contributed by atoms with Gasteiger partial charge in [0.25, 0.3) is 0 Å². The molecule has 0 unspecified atom stereocenters. The number of sulfonamides is 1. The van der Waals surface area contributed by atoms with E-state index in [9.17, 15) is 13.2 Å². The Labute approximate surface area is 199 Å². The van der Waals surface area contributed by atoms with Crippen LogP contribution < -0.4 is 0 Å². The van der Waals surface area contributed by atoms with E-state index in [0.717, 1.165) is 5.56 Å². The third-order valence-corrected chi connectivity index (χ3v) is 8.34. The van der Waals surface area contributed by atoms with Crippen LogP contribution in [0.15, 0.2) is 58.0 Å². The van der Waals surface area contributed by atoms with Crippen LogP contribution in [-0.2, 0) is 21.2 Å². The van der Waals surface area contributed by atoms with Gasteiger partial charge in [0.05, 0.1) is 11.2 Å². The Morgan fingerprint density at radius 2 is 1.79 bits per heavy atom. The van der Waals surface area contributed by atoms with Crippen LogP contribution in [0.2, 0.25) is 5.02 Å². The van der Waals surface area contributed by atoms with Crippen molar-refractivity contribution in [2.75, 3.05) is 26.2 Å². The van der Waals surface area contributed by atoms with Gasteiger partial charge in [-0.3, -0.25) is 4.79 Å². The number of hydrogen-bond acceptors (Lipinski definition) is 5. The van der Waals surface area contributed by atoms with Gasteiger partial charge in [-0.1, -0.05) is 35.9 Å². The third kappa shape index (κ3) is 5.13. The number of aryl methyl sites for hydroxylation is 3. The number of oxazole rings is 1. The van der Waals surface area contributed by atoms with Crippen LogP contribution in [0.4, 0.5) is 0 Å². The number of piperazine rings is 1. The minimum Gasteiger partial charge on any atom is -0.441 e. The lowest BCUT2D eigenvalue weighted by Crippen LogP contribution is -2.50. The monoisotopic (exact) mass is 487 g/mol. The molecular formula is C24H26ClN3O4S. The number of halogens is 1. The average Bonchev–Trinajstić information content (AvgIpc) is 3.28. The van der Waals surface area contributed by atoms with Gasteiger partial charge < -0.3 is 9.32 Å². The van der Waals surface area contributed by atoms with Gasteiger partial charge in [-0.2, -0.15) is 4.31 Å². The normalized spacial score (nSPS) is 15.1. The number of carbonyl (C=O) groups excluding carboxylic acids is 1. The zero-order valence-corrected chi connectivity index (χ0v) is 20.2. The SMILES string of the molecule is Cc1ccc(-c2cnc(CCC(=O)N3CCN(S(=O)(=O)c4ccccc4Cl)CC3)o2)cc1C. The number of aromatic nitrogens is 1. The van der Waals surface area contributed by atoms with Crippen LogP contribution >= 0.6 is 11.6 Å². The second-order valence-electron chi connectivity index (χ2n) is 8.13. The molecule has 3 aromatic rings. The maximum Gasteiger partial charge on any atom is 0.244 e. The minimum atomic E-state index is -3.69. The van der Waals surface area contributed by atoms with Gasteiger partial charge in [0.15, 0.2) is 11.7 Å². The van der Waals surface area contributed by atoms with Crippen LogP contribution in [0.25, 0.3) is 11.3 Å². The fourth-order valence-corrected chi connectivity index (χ4v) is 5.71. The molecule has 4 rings (SSSR count). The van der Waals surface area contributed by atoms with Crippen molar-refractivity contribution in [3.05, 3.63) is 70.7 Å². The molecule has 33 heavy (non-hydrogen) atoms. The van der Waals surface area contributed by atoms with E-state index in [2.05, 4.69) is 18.0 Å². The van der Waals surface area contributed by atoms with E-state index >= 15 is 0 Å². The first kappa shape index (κ1) is 23.5. The molecule has 0 radical (unpaired) electrons. The van der Waals surface area contributed by atoms with E-state index in [-0.39, 0.29) is 35.3 Å². The Morgan fingerprint density at radius 1 is 1.06 bits per heavy atom. The number of benzene rings is 2. The second kappa shape index (κ2) is 9.67. The quantitative estimate of drug-likeness (QED) is 0.523. The summed E-state index contributed by atoms with van der Waals surface area (Å²) in [5.41, 5.74) is 3.35. The van der Waals surface area contributed by atoms with Gasteiger partial charge >= 0.3 is 0 Å². The van der Waals surface area contributed by atoms with Crippen molar-refractivity contribution < 1.29 is 17.6 Å². The van der Waals surface area contributed by atoms with Crippen molar-refractivity contribution in [3.63, 3.8) is 0 Å². The Balaban J connectivity index is 1.31. The predicted octanol–water partition coefficient (Wildman–Crippen LogP) is 4.08. The van der Waals surface area contributed by atoms with Gasteiger partial charge in [-0.15, -0.1) is 0 Å². The van der Waals surface area contributed by atoms with E-state index < -0.39 is 10.0 Å². The van der Waals surface area contributed by atoms with Crippen molar-refractivity contribution in [3.8, 4) is 11.3 Å². The molecule has 1 aromatic heterocycles. The topological polar surface area (TPSA) is 83.7 Å². The number of nitrogens with zero attached hydrogens (tertiary/aromatic N) is 3. The molecule has 0 atom stereocenters. The molecule has 0 spiro atoms. The van der Waals surface area contributed by atoms with E-state index in [1.807, 2.05) is 19.1 Å². The molecule has 9 heteroatoms. The molecule has 0 N–H and O–H groups in total. The first-order chi connectivity index (χ1) is 15.8. The molecule has 7 nitrogen and oxygen atoms in total. The van der Waals surface area contributed by atoms with Crippen molar-refractivity contribution in [1.82, 2.24) is 14.2 Å². The zero-order valence-electron chi connectivity index (χ0n) is 18.6. The number of carbonyl (C=O) groups is 1. The second-order valence-corrected chi connectivity index (χ2v) is 10.4. The third-order valence-electron chi connectivity index (χ3n) is 5.94. The molecule has 1 aliphatic heterocycles. The summed E-state index contributed by atoms with van der Waals surface area (Å²) < 4.78 is 33.0. The summed E-state index contributed by atoms with van der Waals surface area (Å²) in [6, 6.07) is 12.5. The van der Waals surface area contributed by atoms with Gasteiger partial charge in [0.1, 0.15) is 4.90 Å². The number of rotatable bonds is 6.